The molecule has 19 heavy (non-hydrogen) atoms. The molecule has 0 bridgehead atoms. The highest BCUT2D eigenvalue weighted by Crippen LogP contribution is 2.29. The third kappa shape index (κ3) is 2.78. The van der Waals surface area contributed by atoms with Crippen molar-refractivity contribution in [3.63, 3.8) is 0 Å². The fraction of sp³-hybridized carbons (Fsp3) is 0.231. The van der Waals surface area contributed by atoms with Gasteiger partial charge in [0.15, 0.2) is 5.69 Å². The highest BCUT2D eigenvalue weighted by atomic mass is 32.1. The van der Waals surface area contributed by atoms with Crippen LogP contribution in [-0.2, 0) is 4.74 Å². The van der Waals surface area contributed by atoms with Gasteiger partial charge in [0.2, 0.25) is 0 Å². The van der Waals surface area contributed by atoms with Crippen LogP contribution in [0.2, 0.25) is 0 Å². The molecule has 1 heterocycles. The van der Waals surface area contributed by atoms with Crippen LogP contribution in [0.15, 0.2) is 24.3 Å². The number of thiazole rings is 1. The van der Waals surface area contributed by atoms with E-state index < -0.39 is 12.4 Å². The van der Waals surface area contributed by atoms with Gasteiger partial charge in [0, 0.05) is 16.0 Å². The molecule has 0 saturated heterocycles. The van der Waals surface area contributed by atoms with E-state index in [4.69, 9.17) is 0 Å². The number of nitrogens with zero attached hydrogens (tertiary/aromatic N) is 1. The number of alkyl halides is 2. The van der Waals surface area contributed by atoms with Gasteiger partial charge >= 0.3 is 5.97 Å². The van der Waals surface area contributed by atoms with Gasteiger partial charge in [-0.25, -0.2) is 18.6 Å². The van der Waals surface area contributed by atoms with Crippen LogP contribution in [0.25, 0.3) is 10.6 Å². The number of carbonyl (C=O) groups is 1. The number of carbonyl (C=O) groups excluding carboxylic acids is 1. The lowest BCUT2D eigenvalue weighted by Gasteiger charge is -2.00. The predicted molar refractivity (Wildman–Crippen MR) is 68.6 cm³/mol. The third-order valence-electron chi connectivity index (χ3n) is 2.58. The second-order valence-corrected chi connectivity index (χ2v) is 5.04. The molecule has 0 fully saturated rings. The Hall–Kier alpha value is -1.82. The quantitative estimate of drug-likeness (QED) is 0.803. The van der Waals surface area contributed by atoms with Crippen LogP contribution < -0.4 is 0 Å². The molecule has 3 nitrogen and oxygen atoms in total. The molecule has 2 aromatic rings. The SMILES string of the molecule is COC(=O)c1nc(-c2ccc(C(F)F)cc2)sc1C. The number of benzene rings is 1. The molecule has 0 radical (unpaired) electrons. The molecule has 0 aliphatic rings. The van der Waals surface area contributed by atoms with Crippen LogP contribution in [-0.4, -0.2) is 18.1 Å². The fourth-order valence-corrected chi connectivity index (χ4v) is 2.48. The maximum atomic E-state index is 12.4. The molecule has 1 aromatic carbocycles. The lowest BCUT2D eigenvalue weighted by Crippen LogP contribution is -2.03. The highest BCUT2D eigenvalue weighted by molar-refractivity contribution is 7.15. The maximum absolute atomic E-state index is 12.4. The second-order valence-electron chi connectivity index (χ2n) is 3.84. The normalized spacial score (nSPS) is 10.8. The van der Waals surface area contributed by atoms with E-state index in [2.05, 4.69) is 9.72 Å². The van der Waals surface area contributed by atoms with Gasteiger partial charge < -0.3 is 4.74 Å². The van der Waals surface area contributed by atoms with Crippen molar-refractivity contribution in [2.24, 2.45) is 0 Å². The van der Waals surface area contributed by atoms with Gasteiger partial charge in [-0.1, -0.05) is 24.3 Å². The Bertz CT molecular complexity index is 593. The van der Waals surface area contributed by atoms with Crippen molar-refractivity contribution in [2.45, 2.75) is 13.3 Å². The summed E-state index contributed by atoms with van der Waals surface area (Å²) >= 11 is 1.33. The van der Waals surface area contributed by atoms with E-state index in [1.54, 1.807) is 19.1 Å². The van der Waals surface area contributed by atoms with Crippen LogP contribution >= 0.6 is 11.3 Å². The van der Waals surface area contributed by atoms with Gasteiger partial charge in [-0.05, 0) is 6.92 Å². The average Bonchev–Trinajstić information content (AvgIpc) is 2.80. The first-order chi connectivity index (χ1) is 9.02. The lowest BCUT2D eigenvalue weighted by atomic mass is 10.1. The number of rotatable bonds is 3. The molecule has 2 rings (SSSR count). The van der Waals surface area contributed by atoms with Crippen LogP contribution in [0.3, 0.4) is 0 Å². The van der Waals surface area contributed by atoms with Crippen LogP contribution in [0, 0.1) is 6.92 Å². The van der Waals surface area contributed by atoms with Gasteiger partial charge in [-0.15, -0.1) is 11.3 Å². The highest BCUT2D eigenvalue weighted by Gasteiger charge is 2.17. The van der Waals surface area contributed by atoms with E-state index in [1.165, 1.54) is 30.6 Å². The Morgan fingerprint density at radius 2 is 1.95 bits per heavy atom. The third-order valence-corrected chi connectivity index (χ3v) is 3.60. The largest absolute Gasteiger partial charge is 0.464 e. The summed E-state index contributed by atoms with van der Waals surface area (Å²) in [5.41, 5.74) is 0.929. The molecule has 100 valence electrons. The average molecular weight is 283 g/mol. The van der Waals surface area contributed by atoms with Crippen molar-refractivity contribution in [3.05, 3.63) is 40.4 Å². The first-order valence-electron chi connectivity index (χ1n) is 5.47. The van der Waals surface area contributed by atoms with E-state index >= 15 is 0 Å². The molecule has 1 aromatic heterocycles. The first-order valence-corrected chi connectivity index (χ1v) is 6.28. The number of halogens is 2. The molecular formula is C13H11F2NO2S. The van der Waals surface area contributed by atoms with E-state index in [1.807, 2.05) is 0 Å². The van der Waals surface area contributed by atoms with Gasteiger partial charge in [-0.2, -0.15) is 0 Å². The summed E-state index contributed by atoms with van der Waals surface area (Å²) in [6.45, 7) is 1.76. The van der Waals surface area contributed by atoms with Crippen molar-refractivity contribution >= 4 is 17.3 Å². The predicted octanol–water partition coefficient (Wildman–Crippen LogP) is 3.84. The monoisotopic (exact) mass is 283 g/mol. The zero-order valence-corrected chi connectivity index (χ0v) is 11.1. The molecule has 0 saturated carbocycles. The molecule has 0 aliphatic carbocycles. The molecular weight excluding hydrogens is 272 g/mol. The number of esters is 1. The smallest absolute Gasteiger partial charge is 0.357 e. The van der Waals surface area contributed by atoms with Crippen molar-refractivity contribution < 1.29 is 18.3 Å². The van der Waals surface area contributed by atoms with Gasteiger partial charge in [0.25, 0.3) is 6.43 Å². The first kappa shape index (κ1) is 13.6. The summed E-state index contributed by atoms with van der Waals surface area (Å²) in [6, 6.07) is 5.85. The van der Waals surface area contributed by atoms with Gasteiger partial charge in [0.1, 0.15) is 5.01 Å². The molecule has 0 atom stereocenters. The molecule has 0 N–H and O–H groups in total. The molecule has 0 unspecified atom stereocenters. The van der Waals surface area contributed by atoms with E-state index in [0.29, 0.717) is 10.6 Å². The van der Waals surface area contributed by atoms with Crippen LogP contribution in [0.5, 0.6) is 0 Å². The van der Waals surface area contributed by atoms with E-state index in [-0.39, 0.29) is 11.3 Å². The maximum Gasteiger partial charge on any atom is 0.357 e. The summed E-state index contributed by atoms with van der Waals surface area (Å²) in [5, 5.41) is 0.610. The summed E-state index contributed by atoms with van der Waals surface area (Å²) in [7, 11) is 1.29. The number of ether oxygens (including phenoxy) is 1. The molecule has 0 spiro atoms. The van der Waals surface area contributed by atoms with Crippen molar-refractivity contribution in [3.8, 4) is 10.6 Å². The number of hydrogen-bond donors (Lipinski definition) is 0. The number of methoxy groups -OCH3 is 1. The zero-order valence-electron chi connectivity index (χ0n) is 10.3. The molecule has 6 heteroatoms. The zero-order chi connectivity index (χ0) is 14.0. The number of hydrogen-bond acceptors (Lipinski definition) is 4. The van der Waals surface area contributed by atoms with E-state index in [0.717, 1.165) is 4.88 Å². The Kier molecular flexibility index (Phi) is 3.90. The van der Waals surface area contributed by atoms with Gasteiger partial charge in [-0.3, -0.25) is 0 Å². The van der Waals surface area contributed by atoms with Crippen molar-refractivity contribution in [1.29, 1.82) is 0 Å². The minimum atomic E-state index is -2.49. The standard InChI is InChI=1S/C13H11F2NO2S/c1-7-10(13(17)18-2)16-12(19-7)9-5-3-8(4-6-9)11(14)15/h3-6,11H,1-2H3. The Labute approximate surface area is 112 Å². The molecule has 0 aliphatic heterocycles. The Morgan fingerprint density at radius 1 is 1.32 bits per heavy atom. The van der Waals surface area contributed by atoms with Gasteiger partial charge in [0.05, 0.1) is 7.11 Å². The number of aromatic nitrogens is 1. The number of aryl methyl sites for hydroxylation is 1. The minimum Gasteiger partial charge on any atom is -0.464 e. The summed E-state index contributed by atoms with van der Waals surface area (Å²) in [4.78, 5) is 16.4. The lowest BCUT2D eigenvalue weighted by molar-refractivity contribution is 0.0594. The fourth-order valence-electron chi connectivity index (χ4n) is 1.58. The molecule has 0 amide bonds. The Balaban J connectivity index is 2.34. The summed E-state index contributed by atoms with van der Waals surface area (Å²) in [6.07, 6.45) is -2.49. The Morgan fingerprint density at radius 3 is 2.47 bits per heavy atom. The summed E-state index contributed by atoms with van der Waals surface area (Å²) < 4.78 is 29.5. The van der Waals surface area contributed by atoms with E-state index in [9.17, 15) is 13.6 Å². The second kappa shape index (κ2) is 5.44. The minimum absolute atomic E-state index is 0.0368. The van der Waals surface area contributed by atoms with Crippen LogP contribution in [0.4, 0.5) is 8.78 Å². The van der Waals surface area contributed by atoms with Crippen LogP contribution in [0.1, 0.15) is 27.4 Å². The van der Waals surface area contributed by atoms with Crippen molar-refractivity contribution in [2.75, 3.05) is 7.11 Å². The van der Waals surface area contributed by atoms with Crippen molar-refractivity contribution in [1.82, 2.24) is 4.98 Å². The summed E-state index contributed by atoms with van der Waals surface area (Å²) in [5.74, 6) is -0.496. The topological polar surface area (TPSA) is 39.2 Å².